The molecule has 0 unspecified atom stereocenters. The predicted molar refractivity (Wildman–Crippen MR) is 94.0 cm³/mol. The van der Waals surface area contributed by atoms with E-state index in [1.165, 1.54) is 27.9 Å². The Kier molecular flexibility index (Phi) is 4.55. The summed E-state index contributed by atoms with van der Waals surface area (Å²) in [4.78, 5) is 3.46. The Balaban J connectivity index is 1.85. The third kappa shape index (κ3) is 3.20. The van der Waals surface area contributed by atoms with Gasteiger partial charge in [0, 0.05) is 11.9 Å². The van der Waals surface area contributed by atoms with Gasteiger partial charge in [0.2, 0.25) is 0 Å². The van der Waals surface area contributed by atoms with Crippen LogP contribution in [-0.2, 0) is 19.3 Å². The molecule has 3 rings (SSSR count). The number of H-pyrrole nitrogens is 1. The number of hydrogen-bond acceptors (Lipinski definition) is 0. The van der Waals surface area contributed by atoms with E-state index in [0.717, 1.165) is 19.3 Å². The highest BCUT2D eigenvalue weighted by Gasteiger charge is 2.11. The number of rotatable bonds is 6. The van der Waals surface area contributed by atoms with Crippen molar-refractivity contribution in [3.63, 3.8) is 0 Å². The van der Waals surface area contributed by atoms with Crippen LogP contribution >= 0.6 is 0 Å². The first-order valence-electron chi connectivity index (χ1n) is 7.78. The van der Waals surface area contributed by atoms with Crippen LogP contribution in [-0.4, -0.2) is 4.98 Å². The van der Waals surface area contributed by atoms with Gasteiger partial charge in [0.1, 0.15) is 0 Å². The standard InChI is InChI=1S/C21H21N/c1-2-9-20-19(15-14-17-10-5-3-6-11-17)16-22-21(20)18-12-7-4-8-13-18/h2-8,10-13,16,22H,1,9,14-15H2. The molecule has 1 heterocycles. The van der Waals surface area contributed by atoms with Crippen LogP contribution in [0.4, 0.5) is 0 Å². The largest absolute Gasteiger partial charge is 0.361 e. The maximum absolute atomic E-state index is 3.92. The molecule has 0 aliphatic rings. The number of nitrogens with one attached hydrogen (secondary N) is 1. The maximum atomic E-state index is 3.92. The lowest BCUT2D eigenvalue weighted by Gasteiger charge is -2.06. The predicted octanol–water partition coefficient (Wildman–Crippen LogP) is 5.20. The van der Waals surface area contributed by atoms with E-state index in [2.05, 4.69) is 78.4 Å². The van der Waals surface area contributed by atoms with Gasteiger partial charge < -0.3 is 4.98 Å². The van der Waals surface area contributed by atoms with Gasteiger partial charge in [-0.15, -0.1) is 6.58 Å². The summed E-state index contributed by atoms with van der Waals surface area (Å²) >= 11 is 0. The molecule has 0 bridgehead atoms. The van der Waals surface area contributed by atoms with E-state index in [-0.39, 0.29) is 0 Å². The van der Waals surface area contributed by atoms with Gasteiger partial charge in [0.25, 0.3) is 0 Å². The number of aromatic nitrogens is 1. The Bertz CT molecular complexity index is 723. The molecule has 110 valence electrons. The van der Waals surface area contributed by atoms with Crippen molar-refractivity contribution in [2.45, 2.75) is 19.3 Å². The zero-order valence-corrected chi connectivity index (χ0v) is 12.8. The van der Waals surface area contributed by atoms with Gasteiger partial charge in [-0.3, -0.25) is 0 Å². The average molecular weight is 287 g/mol. The number of aryl methyl sites for hydroxylation is 2. The van der Waals surface area contributed by atoms with Gasteiger partial charge >= 0.3 is 0 Å². The fourth-order valence-corrected chi connectivity index (χ4v) is 2.88. The van der Waals surface area contributed by atoms with Crippen LogP contribution in [0.15, 0.2) is 79.5 Å². The minimum Gasteiger partial charge on any atom is -0.361 e. The molecule has 0 spiro atoms. The topological polar surface area (TPSA) is 15.8 Å². The first kappa shape index (κ1) is 14.4. The first-order valence-corrected chi connectivity index (χ1v) is 7.78. The summed E-state index contributed by atoms with van der Waals surface area (Å²) in [6.45, 7) is 3.92. The van der Waals surface area contributed by atoms with Crippen molar-refractivity contribution in [1.82, 2.24) is 4.98 Å². The number of aromatic amines is 1. The lowest BCUT2D eigenvalue weighted by atomic mass is 9.98. The fraction of sp³-hybridized carbons (Fsp3) is 0.143. The summed E-state index contributed by atoms with van der Waals surface area (Å²) in [5, 5.41) is 0. The second-order valence-electron chi connectivity index (χ2n) is 5.51. The normalized spacial score (nSPS) is 10.5. The summed E-state index contributed by atoms with van der Waals surface area (Å²) in [7, 11) is 0. The minimum atomic E-state index is 0.901. The van der Waals surface area contributed by atoms with Crippen molar-refractivity contribution in [3.8, 4) is 11.3 Å². The SMILES string of the molecule is C=CCc1c(CCc2ccccc2)c[nH]c1-c1ccccc1. The molecule has 0 fully saturated rings. The van der Waals surface area contributed by atoms with Crippen molar-refractivity contribution in [3.05, 3.63) is 96.2 Å². The molecular weight excluding hydrogens is 266 g/mol. The lowest BCUT2D eigenvalue weighted by molar-refractivity contribution is 0.947. The van der Waals surface area contributed by atoms with Crippen LogP contribution in [0.1, 0.15) is 16.7 Å². The van der Waals surface area contributed by atoms with Crippen LogP contribution in [0, 0.1) is 0 Å². The zero-order chi connectivity index (χ0) is 15.2. The van der Waals surface area contributed by atoms with Crippen molar-refractivity contribution < 1.29 is 0 Å². The van der Waals surface area contributed by atoms with Gasteiger partial charge in [0.05, 0.1) is 0 Å². The molecule has 2 aromatic carbocycles. The summed E-state index contributed by atoms with van der Waals surface area (Å²) in [5.41, 5.74) is 6.61. The van der Waals surface area contributed by atoms with Crippen LogP contribution < -0.4 is 0 Å². The van der Waals surface area contributed by atoms with E-state index in [1.807, 2.05) is 6.08 Å². The van der Waals surface area contributed by atoms with E-state index < -0.39 is 0 Å². The number of benzene rings is 2. The maximum Gasteiger partial charge on any atom is 0.0492 e. The van der Waals surface area contributed by atoms with Crippen molar-refractivity contribution in [2.75, 3.05) is 0 Å². The van der Waals surface area contributed by atoms with Gasteiger partial charge in [-0.25, -0.2) is 0 Å². The molecular formula is C21H21N. The summed E-state index contributed by atoms with van der Waals surface area (Å²) in [5.74, 6) is 0. The Morgan fingerprint density at radius 3 is 2.23 bits per heavy atom. The molecule has 0 atom stereocenters. The molecule has 1 nitrogen and oxygen atoms in total. The molecule has 22 heavy (non-hydrogen) atoms. The third-order valence-corrected chi connectivity index (χ3v) is 4.02. The molecule has 0 saturated heterocycles. The molecule has 1 heteroatoms. The molecule has 3 aromatic rings. The van der Waals surface area contributed by atoms with E-state index in [9.17, 15) is 0 Å². The van der Waals surface area contributed by atoms with Crippen LogP contribution in [0.2, 0.25) is 0 Å². The zero-order valence-electron chi connectivity index (χ0n) is 12.8. The molecule has 0 aliphatic carbocycles. The highest BCUT2D eigenvalue weighted by Crippen LogP contribution is 2.27. The van der Waals surface area contributed by atoms with Crippen LogP contribution in [0.3, 0.4) is 0 Å². The summed E-state index contributed by atoms with van der Waals surface area (Å²) < 4.78 is 0. The van der Waals surface area contributed by atoms with E-state index in [0.29, 0.717) is 0 Å². The Labute approximate surface area is 132 Å². The van der Waals surface area contributed by atoms with Crippen LogP contribution in [0.25, 0.3) is 11.3 Å². The average Bonchev–Trinajstić information content (AvgIpc) is 2.98. The highest BCUT2D eigenvalue weighted by atomic mass is 14.7. The molecule has 1 aromatic heterocycles. The van der Waals surface area contributed by atoms with Gasteiger partial charge in [-0.1, -0.05) is 66.7 Å². The molecule has 1 N–H and O–H groups in total. The van der Waals surface area contributed by atoms with E-state index in [4.69, 9.17) is 0 Å². The third-order valence-electron chi connectivity index (χ3n) is 4.02. The van der Waals surface area contributed by atoms with Crippen molar-refractivity contribution >= 4 is 0 Å². The summed E-state index contributed by atoms with van der Waals surface area (Å²) in [6.07, 6.45) is 7.16. The van der Waals surface area contributed by atoms with Gasteiger partial charge in [0.15, 0.2) is 0 Å². The fourth-order valence-electron chi connectivity index (χ4n) is 2.88. The van der Waals surface area contributed by atoms with E-state index >= 15 is 0 Å². The molecule has 0 aliphatic heterocycles. The van der Waals surface area contributed by atoms with Gasteiger partial charge in [-0.2, -0.15) is 0 Å². The second kappa shape index (κ2) is 6.95. The smallest absolute Gasteiger partial charge is 0.0492 e. The van der Waals surface area contributed by atoms with Crippen molar-refractivity contribution in [1.29, 1.82) is 0 Å². The monoisotopic (exact) mass is 287 g/mol. The number of hydrogen-bond donors (Lipinski definition) is 1. The lowest BCUT2D eigenvalue weighted by Crippen LogP contribution is -1.94. The quantitative estimate of drug-likeness (QED) is 0.600. The highest BCUT2D eigenvalue weighted by molar-refractivity contribution is 5.65. The molecule has 0 amide bonds. The molecule has 0 saturated carbocycles. The Hall–Kier alpha value is -2.54. The Morgan fingerprint density at radius 1 is 0.864 bits per heavy atom. The minimum absolute atomic E-state index is 0.901. The number of allylic oxidation sites excluding steroid dienone is 1. The van der Waals surface area contributed by atoms with Crippen LogP contribution in [0.5, 0.6) is 0 Å². The van der Waals surface area contributed by atoms with E-state index in [1.54, 1.807) is 0 Å². The van der Waals surface area contributed by atoms with Gasteiger partial charge in [-0.05, 0) is 41.5 Å². The Morgan fingerprint density at radius 2 is 1.55 bits per heavy atom. The second-order valence-corrected chi connectivity index (χ2v) is 5.51. The van der Waals surface area contributed by atoms with Crippen molar-refractivity contribution in [2.24, 2.45) is 0 Å². The molecule has 0 radical (unpaired) electrons. The first-order chi connectivity index (χ1) is 10.9. The summed E-state index contributed by atoms with van der Waals surface area (Å²) in [6, 6.07) is 21.2.